The normalized spacial score (nSPS) is 21.6. The predicted molar refractivity (Wildman–Crippen MR) is 110 cm³/mol. The number of fused-ring (bicyclic) bond motifs is 1. The van der Waals surface area contributed by atoms with Crippen LogP contribution in [-0.2, 0) is 11.2 Å². The fourth-order valence-electron chi connectivity index (χ4n) is 3.92. The lowest BCUT2D eigenvalue weighted by atomic mass is 9.92. The molecule has 7 nitrogen and oxygen atoms in total. The summed E-state index contributed by atoms with van der Waals surface area (Å²) in [5.74, 6) is 0.335. The Bertz CT molecular complexity index is 909. The first-order valence-electron chi connectivity index (χ1n) is 9.43. The number of amides is 1. The molecule has 3 heterocycles. The van der Waals surface area contributed by atoms with Crippen LogP contribution in [0, 0.1) is 5.92 Å². The smallest absolute Gasteiger partial charge is 0.264 e. The van der Waals surface area contributed by atoms with Crippen LogP contribution < -0.4 is 5.73 Å². The molecule has 1 amide bonds. The SMILES string of the molecule is CCc1nc2n(n1)C(=O)C(C(c1cccc(Br)c1)N1CCC(C(N)=O)CC1)S2. The summed E-state index contributed by atoms with van der Waals surface area (Å²) in [6, 6.07) is 7.96. The minimum Gasteiger partial charge on any atom is -0.369 e. The predicted octanol–water partition coefficient (Wildman–Crippen LogP) is 2.66. The molecule has 1 aromatic heterocycles. The number of halogens is 1. The third kappa shape index (κ3) is 3.62. The summed E-state index contributed by atoms with van der Waals surface area (Å²) in [4.78, 5) is 31.5. The number of aromatic nitrogens is 3. The number of primary amides is 1. The fourth-order valence-corrected chi connectivity index (χ4v) is 5.61. The highest BCUT2D eigenvalue weighted by Crippen LogP contribution is 2.42. The molecule has 1 aromatic carbocycles. The van der Waals surface area contributed by atoms with Gasteiger partial charge in [-0.2, -0.15) is 4.68 Å². The maximum Gasteiger partial charge on any atom is 0.264 e. The molecule has 1 saturated heterocycles. The lowest BCUT2D eigenvalue weighted by Gasteiger charge is -2.38. The van der Waals surface area contributed by atoms with Gasteiger partial charge in [-0.3, -0.25) is 14.5 Å². The molecule has 0 saturated carbocycles. The number of benzene rings is 1. The number of likely N-dealkylation sites (tertiary alicyclic amines) is 1. The number of carbonyl (C=O) groups excluding carboxylic acids is 2. The van der Waals surface area contributed by atoms with Crippen LogP contribution in [0.25, 0.3) is 0 Å². The van der Waals surface area contributed by atoms with Gasteiger partial charge < -0.3 is 5.73 Å². The minimum atomic E-state index is -0.319. The average Bonchev–Trinajstić information content (AvgIpc) is 3.22. The van der Waals surface area contributed by atoms with Crippen molar-refractivity contribution in [3.63, 3.8) is 0 Å². The minimum absolute atomic E-state index is 0.0331. The van der Waals surface area contributed by atoms with Crippen molar-refractivity contribution in [2.75, 3.05) is 13.1 Å². The molecule has 0 bridgehead atoms. The van der Waals surface area contributed by atoms with Crippen molar-refractivity contribution >= 4 is 39.5 Å². The van der Waals surface area contributed by atoms with Crippen LogP contribution in [0.1, 0.15) is 42.0 Å². The van der Waals surface area contributed by atoms with Crippen molar-refractivity contribution < 1.29 is 9.59 Å². The zero-order valence-corrected chi connectivity index (χ0v) is 17.9. The molecule has 2 unspecified atom stereocenters. The van der Waals surface area contributed by atoms with Crippen molar-refractivity contribution in [3.8, 4) is 0 Å². The Kier molecular flexibility index (Phi) is 5.57. The van der Waals surface area contributed by atoms with Gasteiger partial charge in [0.05, 0.1) is 6.04 Å². The quantitative estimate of drug-likeness (QED) is 0.732. The molecular weight excluding hydrogens is 442 g/mol. The van der Waals surface area contributed by atoms with Crippen molar-refractivity contribution in [1.82, 2.24) is 19.7 Å². The summed E-state index contributed by atoms with van der Waals surface area (Å²) in [5, 5.41) is 4.71. The van der Waals surface area contributed by atoms with E-state index in [-0.39, 0.29) is 29.0 Å². The van der Waals surface area contributed by atoms with Crippen LogP contribution in [0.4, 0.5) is 0 Å². The fraction of sp³-hybridized carbons (Fsp3) is 0.474. The number of nitrogens with two attached hydrogens (primary N) is 1. The first kappa shape index (κ1) is 19.6. The largest absolute Gasteiger partial charge is 0.369 e. The van der Waals surface area contributed by atoms with E-state index < -0.39 is 0 Å². The number of nitrogens with zero attached hydrogens (tertiary/aromatic N) is 4. The number of hydrogen-bond donors (Lipinski definition) is 1. The van der Waals surface area contributed by atoms with Gasteiger partial charge in [0.1, 0.15) is 5.25 Å². The van der Waals surface area contributed by atoms with Gasteiger partial charge in [0.2, 0.25) is 5.91 Å². The Balaban J connectivity index is 1.64. The molecule has 9 heteroatoms. The van der Waals surface area contributed by atoms with E-state index in [0.29, 0.717) is 30.2 Å². The Morgan fingerprint density at radius 1 is 1.39 bits per heavy atom. The third-order valence-electron chi connectivity index (χ3n) is 5.42. The summed E-state index contributed by atoms with van der Waals surface area (Å²) in [5.41, 5.74) is 6.56. The van der Waals surface area contributed by atoms with Gasteiger partial charge in [0, 0.05) is 16.8 Å². The Morgan fingerprint density at radius 2 is 2.14 bits per heavy atom. The van der Waals surface area contributed by atoms with E-state index in [9.17, 15) is 9.59 Å². The molecule has 4 rings (SSSR count). The number of thioether (sulfide) groups is 1. The topological polar surface area (TPSA) is 94.1 Å². The first-order valence-corrected chi connectivity index (χ1v) is 11.1. The molecule has 2 aliphatic rings. The van der Waals surface area contributed by atoms with Gasteiger partial charge in [0.15, 0.2) is 11.0 Å². The standard InChI is InChI=1S/C19H22BrN5O2S/c1-2-14-22-19-25(23-14)18(27)16(28-19)15(12-4-3-5-13(20)10-12)24-8-6-11(7-9-24)17(21)26/h3-5,10-11,15-16H,2,6-9H2,1H3,(H2,21,26). The van der Waals surface area contributed by atoms with Gasteiger partial charge in [-0.05, 0) is 43.6 Å². The second-order valence-electron chi connectivity index (χ2n) is 7.17. The van der Waals surface area contributed by atoms with Crippen molar-refractivity contribution in [3.05, 3.63) is 40.1 Å². The number of piperidine rings is 1. The van der Waals surface area contributed by atoms with Gasteiger partial charge in [0.25, 0.3) is 5.91 Å². The molecule has 0 aliphatic carbocycles. The molecule has 148 valence electrons. The molecule has 0 radical (unpaired) electrons. The highest BCUT2D eigenvalue weighted by Gasteiger charge is 2.44. The van der Waals surface area contributed by atoms with Crippen LogP contribution in [-0.4, -0.2) is 49.8 Å². The van der Waals surface area contributed by atoms with Crippen LogP contribution >= 0.6 is 27.7 Å². The first-order chi connectivity index (χ1) is 13.5. The Morgan fingerprint density at radius 3 is 2.75 bits per heavy atom. The lowest BCUT2D eigenvalue weighted by Crippen LogP contribution is -2.45. The molecule has 2 N–H and O–H groups in total. The molecule has 2 atom stereocenters. The van der Waals surface area contributed by atoms with Crippen molar-refractivity contribution in [2.45, 2.75) is 42.6 Å². The molecule has 28 heavy (non-hydrogen) atoms. The van der Waals surface area contributed by atoms with Crippen LogP contribution in [0.2, 0.25) is 0 Å². The summed E-state index contributed by atoms with van der Waals surface area (Å²) in [7, 11) is 0. The zero-order chi connectivity index (χ0) is 19.8. The van der Waals surface area contributed by atoms with E-state index in [1.54, 1.807) is 0 Å². The summed E-state index contributed by atoms with van der Waals surface area (Å²) in [6.45, 7) is 3.43. The van der Waals surface area contributed by atoms with E-state index in [2.05, 4.69) is 43.0 Å². The van der Waals surface area contributed by atoms with Gasteiger partial charge in [-0.25, -0.2) is 4.98 Å². The number of aryl methyl sites for hydroxylation is 1. The van der Waals surface area contributed by atoms with E-state index in [0.717, 1.165) is 23.1 Å². The monoisotopic (exact) mass is 463 g/mol. The molecule has 2 aliphatic heterocycles. The maximum atomic E-state index is 13.2. The molecule has 1 fully saturated rings. The highest BCUT2D eigenvalue weighted by atomic mass is 79.9. The molecular formula is C19H22BrN5O2S. The highest BCUT2D eigenvalue weighted by molar-refractivity contribution is 9.10. The summed E-state index contributed by atoms with van der Waals surface area (Å²) >= 11 is 5.03. The third-order valence-corrected chi connectivity index (χ3v) is 7.11. The molecule has 2 aromatic rings. The summed E-state index contributed by atoms with van der Waals surface area (Å²) < 4.78 is 2.43. The number of hydrogen-bond acceptors (Lipinski definition) is 6. The van der Waals surface area contributed by atoms with Crippen molar-refractivity contribution in [2.24, 2.45) is 11.7 Å². The summed E-state index contributed by atoms with van der Waals surface area (Å²) in [6.07, 6.45) is 2.14. The second-order valence-corrected chi connectivity index (χ2v) is 9.19. The average molecular weight is 464 g/mol. The van der Waals surface area contributed by atoms with E-state index in [1.165, 1.54) is 16.4 Å². The van der Waals surface area contributed by atoms with E-state index in [1.807, 2.05) is 19.1 Å². The van der Waals surface area contributed by atoms with Crippen molar-refractivity contribution in [1.29, 1.82) is 0 Å². The van der Waals surface area contributed by atoms with Gasteiger partial charge >= 0.3 is 0 Å². The van der Waals surface area contributed by atoms with Crippen LogP contribution in [0.5, 0.6) is 0 Å². The lowest BCUT2D eigenvalue weighted by molar-refractivity contribution is -0.123. The van der Waals surface area contributed by atoms with Gasteiger partial charge in [-0.15, -0.1) is 5.10 Å². The number of carbonyl (C=O) groups is 2. The Hall–Kier alpha value is -1.71. The zero-order valence-electron chi connectivity index (χ0n) is 15.5. The van der Waals surface area contributed by atoms with Crippen LogP contribution in [0.15, 0.2) is 33.9 Å². The second kappa shape index (κ2) is 7.96. The number of rotatable bonds is 5. The van der Waals surface area contributed by atoms with E-state index >= 15 is 0 Å². The maximum absolute atomic E-state index is 13.2. The van der Waals surface area contributed by atoms with E-state index in [4.69, 9.17) is 5.73 Å². The Labute approximate surface area is 176 Å². The van der Waals surface area contributed by atoms with Gasteiger partial charge in [-0.1, -0.05) is 46.7 Å². The van der Waals surface area contributed by atoms with Crippen LogP contribution in [0.3, 0.4) is 0 Å². The molecule has 0 spiro atoms.